The fraction of sp³-hybridized carbons (Fsp3) is 0.917. The predicted octanol–water partition coefficient (Wildman–Crippen LogP) is -0.169. The Balaban J connectivity index is 1.67. The van der Waals surface area contributed by atoms with Gasteiger partial charge in [-0.3, -0.25) is 9.69 Å². The quantitative estimate of drug-likeness (QED) is 0.700. The number of carboxylic acids is 1. The largest absolute Gasteiger partial charge is 0.480 e. The van der Waals surface area contributed by atoms with E-state index in [0.29, 0.717) is 0 Å². The van der Waals surface area contributed by atoms with Crippen LogP contribution in [0.15, 0.2) is 0 Å². The Labute approximate surface area is 103 Å². The molecule has 2 rings (SSSR count). The smallest absolute Gasteiger partial charge is 0.323 e. The van der Waals surface area contributed by atoms with Gasteiger partial charge >= 0.3 is 5.97 Å². The van der Waals surface area contributed by atoms with Gasteiger partial charge in [-0.1, -0.05) is 0 Å². The second-order valence-electron chi connectivity index (χ2n) is 5.31. The van der Waals surface area contributed by atoms with Crippen molar-refractivity contribution in [2.75, 3.05) is 46.3 Å². The van der Waals surface area contributed by atoms with Crippen molar-refractivity contribution < 1.29 is 9.90 Å². The van der Waals surface area contributed by atoms with Crippen LogP contribution in [0.2, 0.25) is 0 Å². The lowest BCUT2D eigenvalue weighted by molar-refractivity contribution is -0.148. The molecule has 98 valence electrons. The summed E-state index contributed by atoms with van der Waals surface area (Å²) < 4.78 is 0. The summed E-state index contributed by atoms with van der Waals surface area (Å²) in [6, 6.07) is 0. The minimum absolute atomic E-state index is 0.605. The van der Waals surface area contributed by atoms with E-state index in [-0.39, 0.29) is 0 Å². The van der Waals surface area contributed by atoms with E-state index in [9.17, 15) is 9.90 Å². The molecule has 0 aromatic carbocycles. The molecule has 0 aromatic rings. The summed E-state index contributed by atoms with van der Waals surface area (Å²) in [5.41, 5.74) is -0.605. The topological polar surface area (TPSA) is 55.8 Å². The van der Waals surface area contributed by atoms with Crippen LogP contribution in [0.1, 0.15) is 19.3 Å². The molecule has 5 nitrogen and oxygen atoms in total. The summed E-state index contributed by atoms with van der Waals surface area (Å²) >= 11 is 0. The van der Waals surface area contributed by atoms with Gasteiger partial charge in [0.05, 0.1) is 0 Å². The van der Waals surface area contributed by atoms with E-state index in [1.807, 2.05) is 0 Å². The maximum Gasteiger partial charge on any atom is 0.323 e. The number of piperazine rings is 1. The highest BCUT2D eigenvalue weighted by Crippen LogP contribution is 2.31. The molecule has 1 aliphatic heterocycles. The number of likely N-dealkylation sites (N-methyl/N-ethyl adjacent to an activating group) is 1. The molecule has 0 radical (unpaired) electrons. The van der Waals surface area contributed by atoms with Crippen LogP contribution < -0.4 is 5.32 Å². The van der Waals surface area contributed by atoms with Crippen molar-refractivity contribution in [3.63, 3.8) is 0 Å². The maximum absolute atomic E-state index is 11.1. The van der Waals surface area contributed by atoms with Crippen LogP contribution in [0.5, 0.6) is 0 Å². The molecule has 0 unspecified atom stereocenters. The molecule has 0 bridgehead atoms. The lowest BCUT2D eigenvalue weighted by Crippen LogP contribution is -2.59. The summed E-state index contributed by atoms with van der Waals surface area (Å²) in [7, 11) is 2.14. The maximum atomic E-state index is 11.1. The number of carbonyl (C=O) groups is 1. The first kappa shape index (κ1) is 12.8. The molecule has 1 aliphatic carbocycles. The summed E-state index contributed by atoms with van der Waals surface area (Å²) in [6.07, 6.45) is 2.60. The molecule has 0 spiro atoms. The van der Waals surface area contributed by atoms with Gasteiger partial charge in [0.15, 0.2) is 0 Å². The van der Waals surface area contributed by atoms with Crippen molar-refractivity contribution >= 4 is 5.97 Å². The molecule has 2 N–H and O–H groups in total. The second kappa shape index (κ2) is 5.33. The zero-order chi connectivity index (χ0) is 12.3. The molecule has 0 atom stereocenters. The van der Waals surface area contributed by atoms with Crippen LogP contribution in [0.4, 0.5) is 0 Å². The molecule has 1 heterocycles. The Morgan fingerprint density at radius 1 is 1.29 bits per heavy atom. The number of nitrogens with one attached hydrogen (secondary N) is 1. The van der Waals surface area contributed by atoms with E-state index in [1.165, 1.54) is 0 Å². The molecule has 5 heteroatoms. The van der Waals surface area contributed by atoms with Gasteiger partial charge in [-0.15, -0.1) is 0 Å². The van der Waals surface area contributed by atoms with E-state index in [0.717, 1.165) is 58.5 Å². The third kappa shape index (κ3) is 2.97. The number of carboxylic acid groups (broad SMARTS) is 1. The first-order valence-electron chi connectivity index (χ1n) is 6.52. The molecule has 0 aromatic heterocycles. The van der Waals surface area contributed by atoms with E-state index >= 15 is 0 Å². The average molecular weight is 241 g/mol. The number of rotatable bonds is 5. The Morgan fingerprint density at radius 2 is 1.94 bits per heavy atom. The normalized spacial score (nSPS) is 25.5. The monoisotopic (exact) mass is 241 g/mol. The molecule has 0 amide bonds. The number of hydrogen-bond donors (Lipinski definition) is 2. The standard InChI is InChI=1S/C12H23N3O2/c1-14-7-9-15(10-8-14)6-5-13-12(11(16)17)3-2-4-12/h13H,2-10H2,1H3,(H,16,17). The van der Waals surface area contributed by atoms with E-state index < -0.39 is 11.5 Å². The first-order chi connectivity index (χ1) is 8.12. The van der Waals surface area contributed by atoms with Crippen LogP contribution in [0.3, 0.4) is 0 Å². The van der Waals surface area contributed by atoms with Crippen molar-refractivity contribution in [1.29, 1.82) is 0 Å². The van der Waals surface area contributed by atoms with Crippen LogP contribution in [0.25, 0.3) is 0 Å². The van der Waals surface area contributed by atoms with Crippen LogP contribution >= 0.6 is 0 Å². The summed E-state index contributed by atoms with van der Waals surface area (Å²) in [5.74, 6) is -0.679. The number of hydrogen-bond acceptors (Lipinski definition) is 4. The average Bonchev–Trinajstić information content (AvgIpc) is 2.24. The molecule has 1 saturated heterocycles. The van der Waals surface area contributed by atoms with Crippen LogP contribution in [0, 0.1) is 0 Å². The second-order valence-corrected chi connectivity index (χ2v) is 5.31. The molecular formula is C12H23N3O2. The van der Waals surface area contributed by atoms with Crippen LogP contribution in [-0.2, 0) is 4.79 Å². The summed E-state index contributed by atoms with van der Waals surface area (Å²) in [5, 5.41) is 12.4. The highest BCUT2D eigenvalue weighted by Gasteiger charge is 2.43. The van der Waals surface area contributed by atoms with E-state index in [4.69, 9.17) is 0 Å². The van der Waals surface area contributed by atoms with Crippen molar-refractivity contribution in [1.82, 2.24) is 15.1 Å². The Bertz CT molecular complexity index is 271. The highest BCUT2D eigenvalue weighted by atomic mass is 16.4. The lowest BCUT2D eigenvalue weighted by Gasteiger charge is -2.39. The van der Waals surface area contributed by atoms with Crippen LogP contribution in [-0.4, -0.2) is 72.7 Å². The SMILES string of the molecule is CN1CCN(CCNC2(C(=O)O)CCC2)CC1. The minimum Gasteiger partial charge on any atom is -0.480 e. The third-order valence-electron chi connectivity index (χ3n) is 4.10. The van der Waals surface area contributed by atoms with Gasteiger partial charge in [0.2, 0.25) is 0 Å². The van der Waals surface area contributed by atoms with Crippen molar-refractivity contribution in [2.24, 2.45) is 0 Å². The fourth-order valence-corrected chi connectivity index (χ4v) is 2.52. The highest BCUT2D eigenvalue weighted by molar-refractivity contribution is 5.79. The summed E-state index contributed by atoms with van der Waals surface area (Å²) in [6.45, 7) is 6.17. The van der Waals surface area contributed by atoms with Gasteiger partial charge in [0.25, 0.3) is 0 Å². The third-order valence-corrected chi connectivity index (χ3v) is 4.10. The zero-order valence-electron chi connectivity index (χ0n) is 10.6. The van der Waals surface area contributed by atoms with Gasteiger partial charge in [-0.2, -0.15) is 0 Å². The lowest BCUT2D eigenvalue weighted by atomic mass is 9.77. The number of nitrogens with zero attached hydrogens (tertiary/aromatic N) is 2. The van der Waals surface area contributed by atoms with Gasteiger partial charge in [0, 0.05) is 39.3 Å². The van der Waals surface area contributed by atoms with Gasteiger partial charge in [-0.05, 0) is 26.3 Å². The minimum atomic E-state index is -0.679. The molecule has 1 saturated carbocycles. The van der Waals surface area contributed by atoms with Crippen molar-refractivity contribution in [3.05, 3.63) is 0 Å². The zero-order valence-corrected chi connectivity index (χ0v) is 10.6. The van der Waals surface area contributed by atoms with Crippen molar-refractivity contribution in [2.45, 2.75) is 24.8 Å². The predicted molar refractivity (Wildman–Crippen MR) is 66.2 cm³/mol. The van der Waals surface area contributed by atoms with Crippen molar-refractivity contribution in [3.8, 4) is 0 Å². The first-order valence-corrected chi connectivity index (χ1v) is 6.52. The van der Waals surface area contributed by atoms with Gasteiger partial charge in [-0.25, -0.2) is 0 Å². The van der Waals surface area contributed by atoms with E-state index in [1.54, 1.807) is 0 Å². The Kier molecular flexibility index (Phi) is 4.01. The number of aliphatic carboxylic acids is 1. The van der Waals surface area contributed by atoms with Gasteiger partial charge < -0.3 is 15.3 Å². The Morgan fingerprint density at radius 3 is 2.41 bits per heavy atom. The molecular weight excluding hydrogens is 218 g/mol. The fourth-order valence-electron chi connectivity index (χ4n) is 2.52. The van der Waals surface area contributed by atoms with E-state index in [2.05, 4.69) is 22.2 Å². The Hall–Kier alpha value is -0.650. The van der Waals surface area contributed by atoms with Gasteiger partial charge in [0.1, 0.15) is 5.54 Å². The molecule has 2 fully saturated rings. The summed E-state index contributed by atoms with van der Waals surface area (Å²) in [4.78, 5) is 15.9. The molecule has 2 aliphatic rings. The molecule has 17 heavy (non-hydrogen) atoms.